The van der Waals surface area contributed by atoms with Gasteiger partial charge in [0.1, 0.15) is 6.42 Å². The van der Waals surface area contributed by atoms with Crippen molar-refractivity contribution in [1.82, 2.24) is 0 Å². The minimum Gasteiger partial charge on any atom is -0.481 e. The largest absolute Gasteiger partial charge is 0.481 e. The molecule has 0 aromatic carbocycles. The van der Waals surface area contributed by atoms with Gasteiger partial charge in [0.15, 0.2) is 0 Å². The Hall–Kier alpha value is 2.21. The van der Waals surface area contributed by atoms with Crippen LogP contribution in [0.1, 0.15) is 6.42 Å². The van der Waals surface area contributed by atoms with Crippen LogP contribution in [0.3, 0.4) is 0 Å². The maximum Gasteiger partial charge on any atom is 0.314 e. The molecule has 2 radical (unpaired) electrons. The average Bonchev–Trinajstić information content (AvgIpc) is 1.27. The minimum absolute atomic E-state index is 0. The predicted molar refractivity (Wildman–Crippen MR) is 31.4 cm³/mol. The van der Waals surface area contributed by atoms with Crippen LogP contribution in [0.5, 0.6) is 0 Å². The van der Waals surface area contributed by atoms with E-state index in [1.54, 1.807) is 0 Å². The van der Waals surface area contributed by atoms with E-state index in [-0.39, 0.29) is 103 Å². The van der Waals surface area contributed by atoms with Crippen LogP contribution in [0, 0.1) is 0 Å². The van der Waals surface area contributed by atoms with Gasteiger partial charge in [0.2, 0.25) is 0 Å². The van der Waals surface area contributed by atoms with Crippen LogP contribution in [0.2, 0.25) is 0 Å². The molecule has 0 bridgehead atoms. The SMILES string of the molecule is O=C(O)CC(=O)O.[K].[K]. The molecule has 0 rings (SSSR count). The van der Waals surface area contributed by atoms with E-state index in [9.17, 15) is 9.59 Å². The Balaban J connectivity index is -0.000000180. The molecule has 0 spiro atoms. The summed E-state index contributed by atoms with van der Waals surface area (Å²) in [6.07, 6.45) is -0.806. The summed E-state index contributed by atoms with van der Waals surface area (Å²) < 4.78 is 0. The summed E-state index contributed by atoms with van der Waals surface area (Å²) in [5.74, 6) is -2.62. The molecule has 0 heterocycles. The fraction of sp³-hybridized carbons (Fsp3) is 0.333. The molecule has 0 saturated carbocycles. The van der Waals surface area contributed by atoms with Gasteiger partial charge in [-0.15, -0.1) is 0 Å². The third-order valence-corrected chi connectivity index (χ3v) is 0.302. The van der Waals surface area contributed by atoms with Crippen LogP contribution < -0.4 is 0 Å². The number of hydrogen-bond acceptors (Lipinski definition) is 2. The molecule has 42 valence electrons. The van der Waals surface area contributed by atoms with Gasteiger partial charge in [0.05, 0.1) is 0 Å². The Kier molecular flexibility index (Phi) is 19.7. The Morgan fingerprint density at radius 1 is 1.00 bits per heavy atom. The normalized spacial score (nSPS) is 6.22. The van der Waals surface area contributed by atoms with Crippen LogP contribution in [-0.2, 0) is 9.59 Å². The molecule has 2 N–H and O–H groups in total. The number of rotatable bonds is 2. The Morgan fingerprint density at radius 2 is 1.22 bits per heavy atom. The van der Waals surface area contributed by atoms with E-state index in [1.165, 1.54) is 0 Å². The van der Waals surface area contributed by atoms with E-state index in [0.717, 1.165) is 0 Å². The Bertz CT molecular complexity index is 90.0. The van der Waals surface area contributed by atoms with Crippen molar-refractivity contribution in [2.75, 3.05) is 0 Å². The minimum atomic E-state index is -1.31. The van der Waals surface area contributed by atoms with E-state index in [1.807, 2.05) is 0 Å². The first-order valence-electron chi connectivity index (χ1n) is 1.56. The maximum absolute atomic E-state index is 9.43. The van der Waals surface area contributed by atoms with Crippen LogP contribution in [0.25, 0.3) is 0 Å². The van der Waals surface area contributed by atoms with E-state index < -0.39 is 18.4 Å². The standard InChI is InChI=1S/C3H4O4.2K/c4-2(5)1-3(6)7;;/h1H2,(H,4,5)(H,6,7);;. The molecule has 0 aliphatic heterocycles. The number of hydrogen-bond donors (Lipinski definition) is 2. The number of carboxylic acid groups (broad SMARTS) is 2. The summed E-state index contributed by atoms with van der Waals surface area (Å²) in [5.41, 5.74) is 0. The molecular formula is C3H4K2O4. The van der Waals surface area contributed by atoms with Crippen molar-refractivity contribution in [2.45, 2.75) is 6.42 Å². The van der Waals surface area contributed by atoms with Crippen molar-refractivity contribution in [3.63, 3.8) is 0 Å². The second-order valence-electron chi connectivity index (χ2n) is 0.964. The van der Waals surface area contributed by atoms with Crippen LogP contribution in [0.15, 0.2) is 0 Å². The third-order valence-electron chi connectivity index (χ3n) is 0.302. The van der Waals surface area contributed by atoms with Crippen molar-refractivity contribution < 1.29 is 19.8 Å². The number of aliphatic carboxylic acids is 2. The fourth-order valence-corrected chi connectivity index (χ4v) is 0.129. The predicted octanol–water partition coefficient (Wildman–Crippen LogP) is -1.22. The van der Waals surface area contributed by atoms with E-state index in [0.29, 0.717) is 0 Å². The smallest absolute Gasteiger partial charge is 0.314 e. The van der Waals surface area contributed by atoms with E-state index in [4.69, 9.17) is 10.2 Å². The quantitative estimate of drug-likeness (QED) is 0.415. The summed E-state index contributed by atoms with van der Waals surface area (Å²) in [6.45, 7) is 0. The van der Waals surface area contributed by atoms with Gasteiger partial charge < -0.3 is 10.2 Å². The molecule has 0 fully saturated rings. The van der Waals surface area contributed by atoms with Crippen molar-refractivity contribution in [1.29, 1.82) is 0 Å². The van der Waals surface area contributed by atoms with Gasteiger partial charge in [-0.05, 0) is 0 Å². The zero-order chi connectivity index (χ0) is 5.86. The summed E-state index contributed by atoms with van der Waals surface area (Å²) in [6, 6.07) is 0. The summed E-state index contributed by atoms with van der Waals surface area (Å²) in [4.78, 5) is 18.9. The van der Waals surface area contributed by atoms with Crippen molar-refractivity contribution >= 4 is 115 Å². The van der Waals surface area contributed by atoms with Crippen LogP contribution >= 0.6 is 0 Å². The molecule has 0 aromatic rings. The number of carbonyl (C=O) groups is 2. The summed E-state index contributed by atoms with van der Waals surface area (Å²) in [5, 5.41) is 15.4. The van der Waals surface area contributed by atoms with Gasteiger partial charge in [-0.3, -0.25) is 9.59 Å². The van der Waals surface area contributed by atoms with Crippen LogP contribution in [-0.4, -0.2) is 125 Å². The first kappa shape index (κ1) is 17.3. The molecule has 4 nitrogen and oxygen atoms in total. The molecule has 0 saturated heterocycles. The topological polar surface area (TPSA) is 74.6 Å². The molecule has 0 atom stereocenters. The molecule has 9 heavy (non-hydrogen) atoms. The average molecular weight is 182 g/mol. The molecule has 0 unspecified atom stereocenters. The van der Waals surface area contributed by atoms with Gasteiger partial charge in [-0.1, -0.05) is 0 Å². The van der Waals surface area contributed by atoms with E-state index >= 15 is 0 Å². The first-order chi connectivity index (χ1) is 3.13. The Morgan fingerprint density at radius 3 is 1.22 bits per heavy atom. The van der Waals surface area contributed by atoms with E-state index in [2.05, 4.69) is 0 Å². The summed E-state index contributed by atoms with van der Waals surface area (Å²) in [7, 11) is 0. The van der Waals surface area contributed by atoms with Crippen LogP contribution in [0.4, 0.5) is 0 Å². The molecule has 0 aromatic heterocycles. The Labute approximate surface area is 137 Å². The number of carboxylic acids is 2. The van der Waals surface area contributed by atoms with Crippen molar-refractivity contribution in [3.05, 3.63) is 0 Å². The van der Waals surface area contributed by atoms with Crippen molar-refractivity contribution in [2.24, 2.45) is 0 Å². The molecule has 0 aliphatic carbocycles. The zero-order valence-corrected chi connectivity index (χ0v) is 11.7. The molecule has 0 aliphatic rings. The van der Waals surface area contributed by atoms with Gasteiger partial charge in [-0.25, -0.2) is 0 Å². The summed E-state index contributed by atoms with van der Waals surface area (Å²) >= 11 is 0. The maximum atomic E-state index is 9.43. The molecule has 0 amide bonds. The molecule has 6 heteroatoms. The van der Waals surface area contributed by atoms with Gasteiger partial charge >= 0.3 is 11.9 Å². The second kappa shape index (κ2) is 10.2. The monoisotopic (exact) mass is 182 g/mol. The molecular weight excluding hydrogens is 178 g/mol. The van der Waals surface area contributed by atoms with Gasteiger partial charge in [0.25, 0.3) is 0 Å². The third kappa shape index (κ3) is 17.8. The zero-order valence-electron chi connectivity index (χ0n) is 5.42. The van der Waals surface area contributed by atoms with Gasteiger partial charge in [0, 0.05) is 103 Å². The fourth-order valence-electron chi connectivity index (χ4n) is 0.129. The first-order valence-corrected chi connectivity index (χ1v) is 1.56. The van der Waals surface area contributed by atoms with Gasteiger partial charge in [-0.2, -0.15) is 0 Å². The second-order valence-corrected chi connectivity index (χ2v) is 0.964. The van der Waals surface area contributed by atoms with Crippen molar-refractivity contribution in [3.8, 4) is 0 Å².